The molecule has 4 heteroatoms. The maximum absolute atomic E-state index is 7.22. The van der Waals surface area contributed by atoms with Gasteiger partial charge in [0.2, 0.25) is 0 Å². The fourth-order valence-electron chi connectivity index (χ4n) is 1.02. The average Bonchev–Trinajstić information content (AvgIpc) is 2.16. The normalized spacial score (nSPS) is 10.3. The van der Waals surface area contributed by atoms with Crippen molar-refractivity contribution in [1.29, 1.82) is 5.41 Å². The van der Waals surface area contributed by atoms with E-state index in [0.717, 1.165) is 5.82 Å². The van der Waals surface area contributed by atoms with Gasteiger partial charge in [-0.1, -0.05) is 0 Å². The van der Waals surface area contributed by atoms with Crippen LogP contribution < -0.4 is 10.6 Å². The summed E-state index contributed by atoms with van der Waals surface area (Å²) in [6.45, 7) is 4.20. The molecule has 0 unspecified atom stereocenters. The molecule has 3 N–H and O–H groups in total. The van der Waals surface area contributed by atoms with Crippen LogP contribution in [-0.4, -0.2) is 23.9 Å². The topological polar surface area (TPSA) is 66.0 Å². The van der Waals surface area contributed by atoms with Gasteiger partial charge in [0.05, 0.1) is 0 Å². The van der Waals surface area contributed by atoms with Crippen molar-refractivity contribution in [2.45, 2.75) is 19.9 Å². The summed E-state index contributed by atoms with van der Waals surface area (Å²) in [6.07, 6.45) is 1.62. The lowest BCUT2D eigenvalue weighted by molar-refractivity contribution is 0.743. The van der Waals surface area contributed by atoms with Crippen molar-refractivity contribution in [1.82, 2.24) is 4.98 Å². The largest absolute Gasteiger partial charge is 0.384 e. The van der Waals surface area contributed by atoms with Crippen LogP contribution in [0.4, 0.5) is 5.82 Å². The van der Waals surface area contributed by atoms with Gasteiger partial charge in [-0.15, -0.1) is 0 Å². The summed E-state index contributed by atoms with van der Waals surface area (Å²) in [6, 6.07) is 4.09. The Morgan fingerprint density at radius 2 is 2.14 bits per heavy atom. The zero-order valence-electron chi connectivity index (χ0n) is 8.78. The summed E-state index contributed by atoms with van der Waals surface area (Å²) < 4.78 is 0. The number of rotatable bonds is 3. The number of hydrogen-bond acceptors (Lipinski definition) is 3. The molecule has 0 bridgehead atoms. The molecule has 0 spiro atoms. The van der Waals surface area contributed by atoms with Gasteiger partial charge in [0.1, 0.15) is 11.7 Å². The van der Waals surface area contributed by atoms with Crippen molar-refractivity contribution in [2.75, 3.05) is 11.9 Å². The smallest absolute Gasteiger partial charge is 0.128 e. The lowest BCUT2D eigenvalue weighted by atomic mass is 10.2. The molecule has 0 aliphatic rings. The summed E-state index contributed by atoms with van der Waals surface area (Å²) in [5, 5.41) is 7.22. The van der Waals surface area contributed by atoms with Crippen molar-refractivity contribution in [3.63, 3.8) is 0 Å². The van der Waals surface area contributed by atoms with Gasteiger partial charge < -0.3 is 10.6 Å². The van der Waals surface area contributed by atoms with Crippen LogP contribution in [-0.2, 0) is 0 Å². The fraction of sp³-hybridized carbons (Fsp3) is 0.400. The highest BCUT2D eigenvalue weighted by Crippen LogP contribution is 2.11. The van der Waals surface area contributed by atoms with Crippen molar-refractivity contribution in [3.8, 4) is 0 Å². The second-order valence-electron chi connectivity index (χ2n) is 3.52. The zero-order valence-corrected chi connectivity index (χ0v) is 8.78. The number of anilines is 1. The van der Waals surface area contributed by atoms with Crippen LogP contribution in [0.25, 0.3) is 0 Å². The van der Waals surface area contributed by atoms with Crippen LogP contribution in [0.2, 0.25) is 0 Å². The van der Waals surface area contributed by atoms with Gasteiger partial charge in [-0.3, -0.25) is 5.41 Å². The first-order valence-electron chi connectivity index (χ1n) is 4.55. The van der Waals surface area contributed by atoms with E-state index in [1.807, 2.05) is 19.2 Å². The van der Waals surface area contributed by atoms with E-state index >= 15 is 0 Å². The molecule has 0 aliphatic carbocycles. The Bertz CT molecular complexity index is 315. The third-order valence-electron chi connectivity index (χ3n) is 2.19. The van der Waals surface area contributed by atoms with Gasteiger partial charge in [-0.2, -0.15) is 0 Å². The van der Waals surface area contributed by atoms with E-state index in [1.54, 1.807) is 6.20 Å². The van der Waals surface area contributed by atoms with Gasteiger partial charge in [0.15, 0.2) is 0 Å². The molecule has 0 amide bonds. The van der Waals surface area contributed by atoms with Crippen LogP contribution >= 0.6 is 0 Å². The Hall–Kier alpha value is -1.58. The first-order valence-corrected chi connectivity index (χ1v) is 4.55. The summed E-state index contributed by atoms with van der Waals surface area (Å²) in [5.74, 6) is 0.946. The minimum atomic E-state index is 0.0521. The number of nitrogens with one attached hydrogen (secondary N) is 1. The second-order valence-corrected chi connectivity index (χ2v) is 3.52. The Morgan fingerprint density at radius 1 is 1.50 bits per heavy atom. The van der Waals surface area contributed by atoms with E-state index < -0.39 is 0 Å². The number of nitrogen functional groups attached to an aromatic ring is 1. The molecule has 0 aliphatic heterocycles. The Labute approximate surface area is 84.3 Å². The number of amidine groups is 1. The summed E-state index contributed by atoms with van der Waals surface area (Å²) >= 11 is 0. The molecule has 0 saturated heterocycles. The van der Waals surface area contributed by atoms with Gasteiger partial charge in [0, 0.05) is 24.8 Å². The predicted molar refractivity (Wildman–Crippen MR) is 58.8 cm³/mol. The molecule has 1 aromatic heterocycles. The van der Waals surface area contributed by atoms with Crippen LogP contribution in [0.15, 0.2) is 18.3 Å². The van der Waals surface area contributed by atoms with E-state index in [0.29, 0.717) is 11.6 Å². The molecule has 0 saturated carbocycles. The highest BCUT2D eigenvalue weighted by Gasteiger charge is 2.06. The molecule has 1 heterocycles. The van der Waals surface area contributed by atoms with Crippen LogP contribution in [0, 0.1) is 5.41 Å². The third kappa shape index (κ3) is 2.22. The second kappa shape index (κ2) is 4.09. The van der Waals surface area contributed by atoms with E-state index in [2.05, 4.69) is 23.7 Å². The zero-order chi connectivity index (χ0) is 10.7. The number of aromatic nitrogens is 1. The Kier molecular flexibility index (Phi) is 3.06. The average molecular weight is 192 g/mol. The van der Waals surface area contributed by atoms with Crippen LogP contribution in [0.1, 0.15) is 19.4 Å². The molecule has 76 valence electrons. The van der Waals surface area contributed by atoms with Gasteiger partial charge >= 0.3 is 0 Å². The SMILES string of the molecule is CC(C)N(C)c1ccc(C(=N)N)cn1. The third-order valence-corrected chi connectivity index (χ3v) is 2.19. The summed E-state index contributed by atoms with van der Waals surface area (Å²) in [7, 11) is 1.99. The molecule has 0 radical (unpaired) electrons. The lowest BCUT2D eigenvalue weighted by Gasteiger charge is -2.22. The van der Waals surface area contributed by atoms with Crippen molar-refractivity contribution >= 4 is 11.7 Å². The molecule has 14 heavy (non-hydrogen) atoms. The first-order chi connectivity index (χ1) is 6.52. The molecular formula is C10H16N4. The van der Waals surface area contributed by atoms with Gasteiger partial charge in [0.25, 0.3) is 0 Å². The molecule has 1 rings (SSSR count). The van der Waals surface area contributed by atoms with Crippen molar-refractivity contribution in [3.05, 3.63) is 23.9 Å². The van der Waals surface area contributed by atoms with E-state index in [-0.39, 0.29) is 5.84 Å². The minimum absolute atomic E-state index is 0.0521. The molecule has 0 fully saturated rings. The predicted octanol–water partition coefficient (Wildman–Crippen LogP) is 1.21. The van der Waals surface area contributed by atoms with Gasteiger partial charge in [-0.05, 0) is 26.0 Å². The van der Waals surface area contributed by atoms with Crippen molar-refractivity contribution < 1.29 is 0 Å². The highest BCUT2D eigenvalue weighted by atomic mass is 15.2. The standard InChI is InChI=1S/C10H16N4/c1-7(2)14(3)9-5-4-8(6-13-9)10(11)12/h4-7H,1-3H3,(H3,11,12). The van der Waals surface area contributed by atoms with E-state index in [4.69, 9.17) is 11.1 Å². The molecule has 4 nitrogen and oxygen atoms in total. The Morgan fingerprint density at radius 3 is 2.50 bits per heavy atom. The first kappa shape index (κ1) is 10.5. The molecular weight excluding hydrogens is 176 g/mol. The summed E-state index contributed by atoms with van der Waals surface area (Å²) in [5.41, 5.74) is 5.99. The quantitative estimate of drug-likeness (QED) is 0.559. The highest BCUT2D eigenvalue weighted by molar-refractivity contribution is 5.94. The number of hydrogen-bond donors (Lipinski definition) is 2. The van der Waals surface area contributed by atoms with Crippen molar-refractivity contribution in [2.24, 2.45) is 5.73 Å². The maximum atomic E-state index is 7.22. The molecule has 1 aromatic rings. The number of nitrogens with zero attached hydrogens (tertiary/aromatic N) is 2. The van der Waals surface area contributed by atoms with Gasteiger partial charge in [-0.25, -0.2) is 4.98 Å². The van der Waals surface area contributed by atoms with E-state index in [1.165, 1.54) is 0 Å². The van der Waals surface area contributed by atoms with Crippen LogP contribution in [0.3, 0.4) is 0 Å². The minimum Gasteiger partial charge on any atom is -0.384 e. The molecule has 0 atom stereocenters. The number of pyridine rings is 1. The Balaban J connectivity index is 2.88. The summed E-state index contributed by atoms with van der Waals surface area (Å²) in [4.78, 5) is 6.29. The van der Waals surface area contributed by atoms with Crippen LogP contribution in [0.5, 0.6) is 0 Å². The van der Waals surface area contributed by atoms with E-state index in [9.17, 15) is 0 Å². The fourth-order valence-corrected chi connectivity index (χ4v) is 1.02. The monoisotopic (exact) mass is 192 g/mol. The maximum Gasteiger partial charge on any atom is 0.128 e. The molecule has 0 aromatic carbocycles. The number of nitrogens with two attached hydrogens (primary N) is 1. The lowest BCUT2D eigenvalue weighted by Crippen LogP contribution is -2.26.